The molecular weight excluding hydrogens is 401 g/mol. The summed E-state index contributed by atoms with van der Waals surface area (Å²) in [6, 6.07) is 5.23. The number of halogens is 2. The molecule has 0 atom stereocenters. The highest BCUT2D eigenvalue weighted by molar-refractivity contribution is 8.00. The highest BCUT2D eigenvalue weighted by atomic mass is 35.5. The van der Waals surface area contributed by atoms with E-state index in [-0.39, 0.29) is 28.1 Å². The largest absolute Gasteiger partial charge is 0.455 e. The molecule has 0 fully saturated rings. The predicted molar refractivity (Wildman–Crippen MR) is 98.2 cm³/mol. The summed E-state index contributed by atoms with van der Waals surface area (Å²) in [5, 5.41) is 8.39. The molecule has 0 aliphatic carbocycles. The molecule has 11 heteroatoms. The van der Waals surface area contributed by atoms with Crippen molar-refractivity contribution in [1.29, 1.82) is 0 Å². The molecule has 2 N–H and O–H groups in total. The number of anilines is 2. The molecule has 0 saturated heterocycles. The van der Waals surface area contributed by atoms with Crippen LogP contribution in [-0.4, -0.2) is 41.1 Å². The van der Waals surface area contributed by atoms with Gasteiger partial charge in [0.2, 0.25) is 5.91 Å². The SMILES string of the molecule is Cc1cc(NC(=O)CSCC(=O)OCC(=O)Nc2ccc(F)c(Cl)c2)no1. The third kappa shape index (κ3) is 7.27. The Labute approximate surface area is 162 Å². The van der Waals surface area contributed by atoms with Crippen LogP contribution in [0.5, 0.6) is 0 Å². The van der Waals surface area contributed by atoms with Gasteiger partial charge in [-0.25, -0.2) is 4.39 Å². The fourth-order valence-corrected chi connectivity index (χ4v) is 2.58. The van der Waals surface area contributed by atoms with Crippen LogP contribution in [0.2, 0.25) is 5.02 Å². The predicted octanol–water partition coefficient (Wildman–Crippen LogP) is 2.63. The lowest BCUT2D eigenvalue weighted by molar-refractivity contribution is -0.144. The first-order valence-electron chi connectivity index (χ1n) is 7.55. The summed E-state index contributed by atoms with van der Waals surface area (Å²) in [6.45, 7) is 1.17. The van der Waals surface area contributed by atoms with Crippen molar-refractivity contribution in [3.63, 3.8) is 0 Å². The van der Waals surface area contributed by atoms with E-state index >= 15 is 0 Å². The van der Waals surface area contributed by atoms with Gasteiger partial charge in [0, 0.05) is 11.8 Å². The van der Waals surface area contributed by atoms with Gasteiger partial charge in [-0.15, -0.1) is 11.8 Å². The third-order valence-corrected chi connectivity index (χ3v) is 4.11. The lowest BCUT2D eigenvalue weighted by atomic mass is 10.3. The van der Waals surface area contributed by atoms with Gasteiger partial charge in [-0.05, 0) is 25.1 Å². The number of carbonyl (C=O) groups is 3. The van der Waals surface area contributed by atoms with Crippen LogP contribution in [0.1, 0.15) is 5.76 Å². The molecule has 1 aromatic heterocycles. The normalized spacial score (nSPS) is 10.3. The van der Waals surface area contributed by atoms with Crippen LogP contribution >= 0.6 is 23.4 Å². The number of esters is 1. The summed E-state index contributed by atoms with van der Waals surface area (Å²) >= 11 is 6.62. The Hall–Kier alpha value is -2.59. The number of carbonyl (C=O) groups excluding carboxylic acids is 3. The zero-order valence-corrected chi connectivity index (χ0v) is 15.7. The molecule has 1 aromatic carbocycles. The molecule has 27 heavy (non-hydrogen) atoms. The van der Waals surface area contributed by atoms with Crippen LogP contribution in [0, 0.1) is 12.7 Å². The molecule has 2 amide bonds. The van der Waals surface area contributed by atoms with E-state index in [0.29, 0.717) is 11.6 Å². The Kier molecular flexibility index (Phi) is 7.62. The number of benzene rings is 1. The maximum Gasteiger partial charge on any atom is 0.316 e. The summed E-state index contributed by atoms with van der Waals surface area (Å²) in [6.07, 6.45) is 0. The first-order valence-corrected chi connectivity index (χ1v) is 9.08. The zero-order valence-electron chi connectivity index (χ0n) is 14.1. The number of thioether (sulfide) groups is 1. The summed E-state index contributed by atoms with van der Waals surface area (Å²) < 4.78 is 22.6. The van der Waals surface area contributed by atoms with Gasteiger partial charge in [-0.1, -0.05) is 16.8 Å². The van der Waals surface area contributed by atoms with Gasteiger partial charge in [0.1, 0.15) is 11.6 Å². The number of amides is 2. The van der Waals surface area contributed by atoms with Crippen LogP contribution in [-0.2, 0) is 19.1 Å². The molecule has 1 heterocycles. The number of hydrogen-bond donors (Lipinski definition) is 2. The zero-order chi connectivity index (χ0) is 19.8. The van der Waals surface area contributed by atoms with Crippen LogP contribution in [0.3, 0.4) is 0 Å². The number of hydrogen-bond acceptors (Lipinski definition) is 7. The van der Waals surface area contributed by atoms with Gasteiger partial charge in [0.05, 0.1) is 16.5 Å². The second-order valence-electron chi connectivity index (χ2n) is 5.20. The smallest absolute Gasteiger partial charge is 0.316 e. The van der Waals surface area contributed by atoms with Gasteiger partial charge in [0.25, 0.3) is 5.91 Å². The molecule has 0 radical (unpaired) electrons. The highest BCUT2D eigenvalue weighted by Crippen LogP contribution is 2.19. The highest BCUT2D eigenvalue weighted by Gasteiger charge is 2.11. The maximum atomic E-state index is 13.0. The molecule has 0 saturated carbocycles. The van der Waals surface area contributed by atoms with Crippen LogP contribution in [0.25, 0.3) is 0 Å². The first-order chi connectivity index (χ1) is 12.8. The minimum atomic E-state index is -0.655. The Morgan fingerprint density at radius 1 is 1.22 bits per heavy atom. The van der Waals surface area contributed by atoms with Crippen molar-refractivity contribution in [2.24, 2.45) is 0 Å². The fourth-order valence-electron chi connectivity index (χ4n) is 1.79. The minimum Gasteiger partial charge on any atom is -0.455 e. The van der Waals surface area contributed by atoms with E-state index in [1.54, 1.807) is 13.0 Å². The van der Waals surface area contributed by atoms with Crippen molar-refractivity contribution in [2.45, 2.75) is 6.92 Å². The van der Waals surface area contributed by atoms with Crippen LogP contribution in [0.15, 0.2) is 28.8 Å². The minimum absolute atomic E-state index is 0.00127. The number of ether oxygens (including phenoxy) is 1. The average Bonchev–Trinajstić information content (AvgIpc) is 3.01. The molecule has 0 spiro atoms. The van der Waals surface area contributed by atoms with Gasteiger partial charge >= 0.3 is 5.97 Å². The van der Waals surface area contributed by atoms with Crippen molar-refractivity contribution in [2.75, 3.05) is 28.7 Å². The average molecular weight is 416 g/mol. The van der Waals surface area contributed by atoms with E-state index in [1.165, 1.54) is 12.1 Å². The van der Waals surface area contributed by atoms with Crippen molar-refractivity contribution in [3.8, 4) is 0 Å². The molecule has 2 aromatic rings. The number of nitrogens with zero attached hydrogens (tertiary/aromatic N) is 1. The maximum absolute atomic E-state index is 13.0. The Morgan fingerprint density at radius 2 is 2.00 bits per heavy atom. The monoisotopic (exact) mass is 415 g/mol. The second kappa shape index (κ2) is 9.93. The summed E-state index contributed by atoms with van der Waals surface area (Å²) in [5.41, 5.74) is 0.275. The topological polar surface area (TPSA) is 111 Å². The Morgan fingerprint density at radius 3 is 2.67 bits per heavy atom. The van der Waals surface area contributed by atoms with Crippen molar-refractivity contribution >= 4 is 52.7 Å². The Bertz CT molecular complexity index is 845. The molecule has 0 unspecified atom stereocenters. The molecular formula is C16H15ClFN3O5S. The van der Waals surface area contributed by atoms with Gasteiger partial charge in [0.15, 0.2) is 12.4 Å². The van der Waals surface area contributed by atoms with E-state index < -0.39 is 24.3 Å². The number of nitrogens with one attached hydrogen (secondary N) is 2. The quantitative estimate of drug-likeness (QED) is 0.637. The molecule has 8 nitrogen and oxygen atoms in total. The lowest BCUT2D eigenvalue weighted by Gasteiger charge is -2.07. The Balaban J connectivity index is 1.63. The summed E-state index contributed by atoms with van der Waals surface area (Å²) in [7, 11) is 0. The van der Waals surface area contributed by atoms with E-state index in [0.717, 1.165) is 17.8 Å². The lowest BCUT2D eigenvalue weighted by Crippen LogP contribution is -2.22. The van der Waals surface area contributed by atoms with Gasteiger partial charge < -0.3 is 19.9 Å². The van der Waals surface area contributed by atoms with Crippen LogP contribution in [0.4, 0.5) is 15.9 Å². The first kappa shape index (κ1) is 20.7. The number of rotatable bonds is 8. The van der Waals surface area contributed by atoms with E-state index in [4.69, 9.17) is 20.9 Å². The molecule has 0 aliphatic rings. The number of aromatic nitrogens is 1. The number of aryl methyl sites for hydroxylation is 1. The van der Waals surface area contributed by atoms with E-state index in [1.807, 2.05) is 0 Å². The second-order valence-corrected chi connectivity index (χ2v) is 6.59. The van der Waals surface area contributed by atoms with Crippen LogP contribution < -0.4 is 10.6 Å². The molecule has 0 bridgehead atoms. The van der Waals surface area contributed by atoms with E-state index in [9.17, 15) is 18.8 Å². The van der Waals surface area contributed by atoms with Gasteiger partial charge in [-0.2, -0.15) is 0 Å². The standard InChI is InChI=1S/C16H15ClFN3O5S/c1-9-4-13(21-26-9)20-15(23)7-27-8-16(24)25-6-14(22)19-10-2-3-12(18)11(17)5-10/h2-5H,6-8H2,1H3,(H,19,22)(H,20,21,23). The molecule has 2 rings (SSSR count). The summed E-state index contributed by atoms with van der Waals surface area (Å²) in [4.78, 5) is 34.9. The van der Waals surface area contributed by atoms with Crippen molar-refractivity contribution in [1.82, 2.24) is 5.16 Å². The molecule has 144 valence electrons. The van der Waals surface area contributed by atoms with E-state index in [2.05, 4.69) is 15.8 Å². The van der Waals surface area contributed by atoms with Gasteiger partial charge in [-0.3, -0.25) is 14.4 Å². The fraction of sp³-hybridized carbons (Fsp3) is 0.250. The van der Waals surface area contributed by atoms with Crippen molar-refractivity contribution < 1.29 is 28.0 Å². The molecule has 0 aliphatic heterocycles. The van der Waals surface area contributed by atoms with Crippen molar-refractivity contribution in [3.05, 3.63) is 40.9 Å². The summed E-state index contributed by atoms with van der Waals surface area (Å²) in [5.74, 6) is -1.48. The third-order valence-electron chi connectivity index (χ3n) is 2.92.